The van der Waals surface area contributed by atoms with Crippen LogP contribution >= 0.6 is 21.6 Å². The Morgan fingerprint density at radius 2 is 2.03 bits per heavy atom. The van der Waals surface area contributed by atoms with E-state index in [9.17, 15) is 32.1 Å². The number of amides is 3. The maximum absolute atomic E-state index is 11.7. The normalized spacial score (nSPS) is 16.2. The molecule has 0 saturated carbocycles. The van der Waals surface area contributed by atoms with E-state index in [1.807, 2.05) is 12.1 Å². The zero-order valence-corrected chi connectivity index (χ0v) is 20.3. The zero-order chi connectivity index (χ0) is 21.4. The van der Waals surface area contributed by atoms with E-state index >= 15 is 0 Å². The van der Waals surface area contributed by atoms with Crippen molar-refractivity contribution in [2.45, 2.75) is 29.5 Å². The fourth-order valence-electron chi connectivity index (χ4n) is 2.08. The second-order valence-electron chi connectivity index (χ2n) is 5.60. The molecule has 0 bridgehead atoms. The van der Waals surface area contributed by atoms with Crippen molar-refractivity contribution in [1.82, 2.24) is 15.4 Å². The van der Waals surface area contributed by atoms with Crippen molar-refractivity contribution >= 4 is 55.4 Å². The Labute approximate surface area is 202 Å². The monoisotopic (exact) mass is 485 g/mol. The minimum Gasteiger partial charge on any atom is -0.747 e. The van der Waals surface area contributed by atoms with Crippen LogP contribution in [0.25, 0.3) is 0 Å². The van der Waals surface area contributed by atoms with Gasteiger partial charge in [-0.15, -0.1) is 5.06 Å². The summed E-state index contributed by atoms with van der Waals surface area (Å²) in [5, 5.41) is 1.19. The molecule has 0 aromatic carbocycles. The minimum absolute atomic E-state index is 0. The summed E-state index contributed by atoms with van der Waals surface area (Å²) in [7, 11) is -2.16. The number of rotatable bonds is 10. The van der Waals surface area contributed by atoms with E-state index in [1.54, 1.807) is 12.3 Å². The molecule has 3 amide bonds. The van der Waals surface area contributed by atoms with E-state index in [0.29, 0.717) is 5.75 Å². The first-order valence-electron chi connectivity index (χ1n) is 8.18. The van der Waals surface area contributed by atoms with Crippen molar-refractivity contribution in [2.75, 3.05) is 12.3 Å². The van der Waals surface area contributed by atoms with Crippen LogP contribution in [0.15, 0.2) is 29.4 Å². The van der Waals surface area contributed by atoms with Gasteiger partial charge in [0.05, 0.1) is 12.8 Å². The van der Waals surface area contributed by atoms with Gasteiger partial charge in [0.2, 0.25) is 5.91 Å². The van der Waals surface area contributed by atoms with Crippen molar-refractivity contribution in [3.8, 4) is 0 Å². The Hall–Kier alpha value is -1.16. The molecule has 15 heteroatoms. The van der Waals surface area contributed by atoms with Crippen molar-refractivity contribution < 1.29 is 66.5 Å². The molecule has 0 radical (unpaired) electrons. The van der Waals surface area contributed by atoms with Gasteiger partial charge in [0.25, 0.3) is 11.8 Å². The summed E-state index contributed by atoms with van der Waals surface area (Å²) >= 11 is 0. The Balaban J connectivity index is 0.00000450. The summed E-state index contributed by atoms with van der Waals surface area (Å²) in [6.07, 6.45) is 0.639. The number of aromatic nitrogens is 1. The third kappa shape index (κ3) is 8.53. The SMILES string of the molecule is O=C(CCSSc1ccccn1)NCCC(=O)ON1C(=O)CC(S(=O)(=O)[O-])C1=O.[Na+]. The predicted octanol–water partition coefficient (Wildman–Crippen LogP) is -3.15. The second kappa shape index (κ2) is 12.6. The molecule has 1 atom stereocenters. The average molecular weight is 485 g/mol. The van der Waals surface area contributed by atoms with E-state index in [4.69, 9.17) is 0 Å². The van der Waals surface area contributed by atoms with Crippen molar-refractivity contribution in [1.29, 1.82) is 0 Å². The maximum Gasteiger partial charge on any atom is 1.00 e. The molecule has 1 aliphatic rings. The number of imide groups is 1. The summed E-state index contributed by atoms with van der Waals surface area (Å²) < 4.78 is 32.7. The minimum atomic E-state index is -5.03. The molecule has 1 aromatic rings. The number of hydroxylamine groups is 2. The number of hydrogen-bond acceptors (Lipinski definition) is 11. The average Bonchev–Trinajstić information content (AvgIpc) is 2.94. The topological polar surface area (TPSA) is 163 Å². The van der Waals surface area contributed by atoms with Crippen LogP contribution in [-0.4, -0.2) is 64.3 Å². The van der Waals surface area contributed by atoms with Crippen LogP contribution in [0.4, 0.5) is 0 Å². The summed E-state index contributed by atoms with van der Waals surface area (Å²) in [5.41, 5.74) is 0. The molecule has 0 spiro atoms. The first-order valence-corrected chi connectivity index (χ1v) is 12.0. The number of nitrogens with one attached hydrogen (secondary N) is 1. The smallest absolute Gasteiger partial charge is 0.747 e. The van der Waals surface area contributed by atoms with Crippen molar-refractivity contribution in [2.24, 2.45) is 0 Å². The van der Waals surface area contributed by atoms with Gasteiger partial charge in [-0.1, -0.05) is 16.9 Å². The van der Waals surface area contributed by atoms with Crippen LogP contribution in [0, 0.1) is 0 Å². The van der Waals surface area contributed by atoms with E-state index in [0.717, 1.165) is 5.03 Å². The van der Waals surface area contributed by atoms with Crippen LogP contribution in [0.2, 0.25) is 0 Å². The molecular formula is C15H16N3NaO8S3. The predicted molar refractivity (Wildman–Crippen MR) is 101 cm³/mol. The molecule has 30 heavy (non-hydrogen) atoms. The Kier molecular flexibility index (Phi) is 11.3. The third-order valence-electron chi connectivity index (χ3n) is 3.45. The fraction of sp³-hybridized carbons (Fsp3) is 0.400. The molecule has 1 fully saturated rings. The molecule has 158 valence electrons. The maximum atomic E-state index is 11.7. The summed E-state index contributed by atoms with van der Waals surface area (Å²) in [4.78, 5) is 55.3. The van der Waals surface area contributed by atoms with Crippen LogP contribution in [0.3, 0.4) is 0 Å². The molecular weight excluding hydrogens is 469 g/mol. The first kappa shape index (κ1) is 26.9. The summed E-state index contributed by atoms with van der Waals surface area (Å²) in [5.74, 6) is -3.32. The molecule has 1 aromatic heterocycles. The van der Waals surface area contributed by atoms with Gasteiger partial charge in [-0.2, -0.15) is 0 Å². The quantitative estimate of drug-likeness (QED) is 0.117. The van der Waals surface area contributed by atoms with Gasteiger partial charge in [-0.25, -0.2) is 18.2 Å². The molecule has 2 rings (SSSR count). The van der Waals surface area contributed by atoms with E-state index in [2.05, 4.69) is 15.1 Å². The third-order valence-corrected chi connectivity index (χ3v) is 6.78. The molecule has 1 unspecified atom stereocenters. The second-order valence-corrected chi connectivity index (χ2v) is 9.59. The Morgan fingerprint density at radius 1 is 1.30 bits per heavy atom. The van der Waals surface area contributed by atoms with E-state index in [-0.39, 0.29) is 59.9 Å². The van der Waals surface area contributed by atoms with Crippen molar-refractivity contribution in [3.63, 3.8) is 0 Å². The van der Waals surface area contributed by atoms with E-state index in [1.165, 1.54) is 21.6 Å². The van der Waals surface area contributed by atoms with Crippen LogP contribution in [0.1, 0.15) is 19.3 Å². The number of nitrogens with zero attached hydrogens (tertiary/aromatic N) is 2. The molecule has 2 heterocycles. The number of carbonyl (C=O) groups is 4. The Morgan fingerprint density at radius 3 is 2.63 bits per heavy atom. The van der Waals surface area contributed by atoms with Gasteiger partial charge >= 0.3 is 35.5 Å². The van der Waals surface area contributed by atoms with Gasteiger partial charge < -0.3 is 14.7 Å². The van der Waals surface area contributed by atoms with Crippen molar-refractivity contribution in [3.05, 3.63) is 24.4 Å². The fourth-order valence-corrected chi connectivity index (χ4v) is 4.63. The van der Waals surface area contributed by atoms with E-state index < -0.39 is 39.6 Å². The van der Waals surface area contributed by atoms with Crippen LogP contribution < -0.4 is 34.9 Å². The van der Waals surface area contributed by atoms with Gasteiger partial charge in [0, 0.05) is 24.9 Å². The Bertz CT molecular complexity index is 884. The number of hydrogen-bond donors (Lipinski definition) is 1. The van der Waals surface area contributed by atoms with Gasteiger partial charge in [0.15, 0.2) is 0 Å². The standard InChI is InChI=1S/C15H17N3O8S3.Na/c19-11(5-8-27-28-12-3-1-2-6-17-12)16-7-4-14(21)26-18-13(20)9-10(15(18)22)29(23,24)25;/h1-3,6,10H,4-5,7-9H2,(H,16,19)(H,23,24,25);/q;+1/p-1. The van der Waals surface area contributed by atoms with Gasteiger partial charge in [0.1, 0.15) is 20.4 Å². The molecule has 1 N–H and O–H groups in total. The van der Waals surface area contributed by atoms with Crippen LogP contribution in [-0.2, 0) is 34.1 Å². The van der Waals surface area contributed by atoms with Gasteiger partial charge in [-0.05, 0) is 22.9 Å². The summed E-state index contributed by atoms with van der Waals surface area (Å²) in [6, 6.07) is 5.49. The zero-order valence-electron chi connectivity index (χ0n) is 15.8. The number of carbonyl (C=O) groups excluding carboxylic acids is 4. The molecule has 1 aliphatic heterocycles. The largest absolute Gasteiger partial charge is 1.00 e. The molecule has 11 nitrogen and oxygen atoms in total. The molecule has 0 aliphatic carbocycles. The van der Waals surface area contributed by atoms with Crippen LogP contribution in [0.5, 0.6) is 0 Å². The molecule has 1 saturated heterocycles. The summed E-state index contributed by atoms with van der Waals surface area (Å²) in [6.45, 7) is -0.102. The first-order chi connectivity index (χ1) is 13.7. The number of pyridine rings is 1. The van der Waals surface area contributed by atoms with Gasteiger partial charge in [-0.3, -0.25) is 14.4 Å².